The minimum Gasteiger partial charge on any atom is -0.358 e. The van der Waals surface area contributed by atoms with Crippen molar-refractivity contribution in [1.82, 2.24) is 24.7 Å². The van der Waals surface area contributed by atoms with Crippen molar-refractivity contribution in [2.24, 2.45) is 7.05 Å². The lowest BCUT2D eigenvalue weighted by Crippen LogP contribution is -2.33. The van der Waals surface area contributed by atoms with Crippen LogP contribution < -0.4 is 10.2 Å². The van der Waals surface area contributed by atoms with Gasteiger partial charge in [-0.2, -0.15) is 5.10 Å². The van der Waals surface area contributed by atoms with Crippen molar-refractivity contribution in [2.45, 2.75) is 12.5 Å². The smallest absolute Gasteiger partial charge is 0.249 e. The molecule has 1 aliphatic rings. The van der Waals surface area contributed by atoms with Gasteiger partial charge in [-0.15, -0.1) is 0 Å². The lowest BCUT2D eigenvalue weighted by Gasteiger charge is -2.15. The quantitative estimate of drug-likeness (QED) is 0.775. The molecule has 23 heavy (non-hydrogen) atoms. The zero-order valence-electron chi connectivity index (χ0n) is 12.5. The summed E-state index contributed by atoms with van der Waals surface area (Å²) in [7, 11) is 1.83. The fourth-order valence-corrected chi connectivity index (χ4v) is 2.73. The van der Waals surface area contributed by atoms with Crippen molar-refractivity contribution >= 4 is 28.6 Å². The summed E-state index contributed by atoms with van der Waals surface area (Å²) in [6, 6.07) is 3.37. The van der Waals surface area contributed by atoms with E-state index in [1.54, 1.807) is 28.2 Å². The number of hydrogen-bond donors (Lipinski definition) is 1. The number of amides is 1. The first-order valence-corrected chi connectivity index (χ1v) is 7.35. The summed E-state index contributed by atoms with van der Waals surface area (Å²) in [5.74, 6) is 0.656. The largest absolute Gasteiger partial charge is 0.358 e. The van der Waals surface area contributed by atoms with E-state index >= 15 is 0 Å². The molecule has 0 unspecified atom stereocenters. The van der Waals surface area contributed by atoms with Crippen LogP contribution in [0.25, 0.3) is 11.2 Å². The Kier molecular flexibility index (Phi) is 3.14. The number of aromatic nitrogens is 5. The van der Waals surface area contributed by atoms with Crippen LogP contribution in [0.2, 0.25) is 0 Å². The third kappa shape index (κ3) is 2.48. The molecule has 1 atom stereocenters. The van der Waals surface area contributed by atoms with Crippen LogP contribution in [0.3, 0.4) is 0 Å². The van der Waals surface area contributed by atoms with E-state index in [4.69, 9.17) is 0 Å². The number of carbonyl (C=O) groups is 1. The van der Waals surface area contributed by atoms with Gasteiger partial charge in [0.15, 0.2) is 5.65 Å². The second kappa shape index (κ2) is 5.31. The Morgan fingerprint density at radius 3 is 2.96 bits per heavy atom. The highest BCUT2D eigenvalue weighted by molar-refractivity contribution is 6.00. The number of hydrogen-bond acceptors (Lipinski definition) is 6. The Labute approximate surface area is 132 Å². The topological polar surface area (TPSA) is 88.8 Å². The number of carbonyl (C=O) groups excluding carboxylic acids is 1. The predicted molar refractivity (Wildman–Crippen MR) is 84.9 cm³/mol. The van der Waals surface area contributed by atoms with E-state index in [9.17, 15) is 4.79 Å². The first-order chi connectivity index (χ1) is 11.2. The van der Waals surface area contributed by atoms with Crippen molar-refractivity contribution in [1.29, 1.82) is 0 Å². The molecule has 1 saturated heterocycles. The average Bonchev–Trinajstić information content (AvgIpc) is 3.14. The summed E-state index contributed by atoms with van der Waals surface area (Å²) >= 11 is 0. The minimum absolute atomic E-state index is 0.0269. The zero-order valence-corrected chi connectivity index (χ0v) is 12.5. The van der Waals surface area contributed by atoms with Crippen molar-refractivity contribution in [2.75, 3.05) is 16.8 Å². The van der Waals surface area contributed by atoms with Crippen LogP contribution >= 0.6 is 0 Å². The van der Waals surface area contributed by atoms with Gasteiger partial charge in [0.05, 0.1) is 11.9 Å². The highest BCUT2D eigenvalue weighted by Gasteiger charge is 2.33. The molecular weight excluding hydrogens is 294 g/mol. The van der Waals surface area contributed by atoms with Crippen molar-refractivity contribution < 1.29 is 4.79 Å². The van der Waals surface area contributed by atoms with E-state index in [0.717, 1.165) is 11.2 Å². The van der Waals surface area contributed by atoms with Gasteiger partial charge in [0.25, 0.3) is 0 Å². The summed E-state index contributed by atoms with van der Waals surface area (Å²) in [5.41, 5.74) is 2.11. The van der Waals surface area contributed by atoms with Crippen LogP contribution in [-0.4, -0.2) is 43.2 Å². The molecular formula is C15H15N7O. The average molecular weight is 309 g/mol. The predicted octanol–water partition coefficient (Wildman–Crippen LogP) is 0.976. The van der Waals surface area contributed by atoms with E-state index in [1.807, 2.05) is 25.4 Å². The van der Waals surface area contributed by atoms with Crippen LogP contribution in [0.5, 0.6) is 0 Å². The van der Waals surface area contributed by atoms with Gasteiger partial charge in [0, 0.05) is 32.2 Å². The van der Waals surface area contributed by atoms with Crippen molar-refractivity contribution in [3.05, 3.63) is 36.9 Å². The van der Waals surface area contributed by atoms with Crippen molar-refractivity contribution in [3.8, 4) is 0 Å². The number of fused-ring (bicyclic) bond motifs is 1. The maximum absolute atomic E-state index is 12.6. The summed E-state index contributed by atoms with van der Waals surface area (Å²) in [6.07, 6.45) is 7.48. The lowest BCUT2D eigenvalue weighted by atomic mass is 10.2. The molecule has 116 valence electrons. The number of nitrogens with zero attached hydrogens (tertiary/aromatic N) is 6. The Bertz CT molecular complexity index is 875. The number of nitrogens with one attached hydrogen (secondary N) is 1. The van der Waals surface area contributed by atoms with Gasteiger partial charge in [-0.25, -0.2) is 9.97 Å². The minimum atomic E-state index is -0.295. The molecule has 8 heteroatoms. The Morgan fingerprint density at radius 2 is 2.13 bits per heavy atom. The van der Waals surface area contributed by atoms with Gasteiger partial charge in [0.1, 0.15) is 17.4 Å². The van der Waals surface area contributed by atoms with Gasteiger partial charge in [-0.3, -0.25) is 14.5 Å². The first kappa shape index (κ1) is 13.6. The van der Waals surface area contributed by atoms with Gasteiger partial charge < -0.3 is 10.2 Å². The van der Waals surface area contributed by atoms with E-state index in [0.29, 0.717) is 24.4 Å². The lowest BCUT2D eigenvalue weighted by molar-refractivity contribution is -0.117. The van der Waals surface area contributed by atoms with E-state index in [-0.39, 0.29) is 11.9 Å². The molecule has 0 spiro atoms. The van der Waals surface area contributed by atoms with E-state index in [2.05, 4.69) is 25.4 Å². The summed E-state index contributed by atoms with van der Waals surface area (Å²) in [6.45, 7) is 0.662. The first-order valence-electron chi connectivity index (χ1n) is 7.35. The molecule has 4 rings (SSSR count). The molecule has 1 amide bonds. The Hall–Kier alpha value is -3.03. The van der Waals surface area contributed by atoms with Crippen LogP contribution in [0.1, 0.15) is 6.42 Å². The molecule has 0 aliphatic carbocycles. The number of anilines is 2. The van der Waals surface area contributed by atoms with Crippen LogP contribution in [0.15, 0.2) is 36.9 Å². The normalized spacial score (nSPS) is 17.9. The second-order valence-corrected chi connectivity index (χ2v) is 5.44. The summed E-state index contributed by atoms with van der Waals surface area (Å²) in [5, 5.41) is 7.31. The molecule has 0 aromatic carbocycles. The standard InChI is InChI=1S/C15H15N7O/c1-21-9-10(8-18-21)22-7-4-12(15(22)23)19-13-3-2-11-14(20-13)17-6-5-16-11/h2-3,5-6,8-9,12H,4,7H2,1H3,(H,17,19,20)/t12-/m1/s1. The van der Waals surface area contributed by atoms with Crippen molar-refractivity contribution in [3.63, 3.8) is 0 Å². The third-order valence-electron chi connectivity index (χ3n) is 3.86. The molecule has 3 aromatic rings. The third-order valence-corrected chi connectivity index (χ3v) is 3.86. The SMILES string of the molecule is Cn1cc(N2CC[C@@H](Nc3ccc4nccnc4n3)C2=O)cn1. The second-order valence-electron chi connectivity index (χ2n) is 5.44. The highest BCUT2D eigenvalue weighted by atomic mass is 16.2. The monoisotopic (exact) mass is 309 g/mol. The number of rotatable bonds is 3. The summed E-state index contributed by atoms with van der Waals surface area (Å²) < 4.78 is 1.69. The van der Waals surface area contributed by atoms with Crippen LogP contribution in [-0.2, 0) is 11.8 Å². The van der Waals surface area contributed by atoms with Crippen LogP contribution in [0.4, 0.5) is 11.5 Å². The molecule has 0 saturated carbocycles. The maximum Gasteiger partial charge on any atom is 0.249 e. The molecule has 0 radical (unpaired) electrons. The molecule has 1 aliphatic heterocycles. The molecule has 3 aromatic heterocycles. The van der Waals surface area contributed by atoms with Crippen LogP contribution in [0, 0.1) is 0 Å². The number of aryl methyl sites for hydroxylation is 1. The molecule has 1 fully saturated rings. The van der Waals surface area contributed by atoms with Gasteiger partial charge in [-0.05, 0) is 18.6 Å². The van der Waals surface area contributed by atoms with Gasteiger partial charge >= 0.3 is 0 Å². The molecule has 1 N–H and O–H groups in total. The fraction of sp³-hybridized carbons (Fsp3) is 0.267. The van der Waals surface area contributed by atoms with Gasteiger partial charge in [-0.1, -0.05) is 0 Å². The van der Waals surface area contributed by atoms with E-state index in [1.165, 1.54) is 0 Å². The zero-order chi connectivity index (χ0) is 15.8. The maximum atomic E-state index is 12.6. The fourth-order valence-electron chi connectivity index (χ4n) is 2.73. The molecule has 0 bridgehead atoms. The van der Waals surface area contributed by atoms with Gasteiger partial charge in [0.2, 0.25) is 5.91 Å². The van der Waals surface area contributed by atoms with E-state index < -0.39 is 0 Å². The highest BCUT2D eigenvalue weighted by Crippen LogP contribution is 2.23. The summed E-state index contributed by atoms with van der Waals surface area (Å²) in [4.78, 5) is 27.1. The molecule has 8 nitrogen and oxygen atoms in total. The Balaban J connectivity index is 1.53. The molecule has 4 heterocycles. The number of pyridine rings is 1. The Morgan fingerprint density at radius 1 is 1.26 bits per heavy atom.